The van der Waals surface area contributed by atoms with E-state index in [9.17, 15) is 22.6 Å². The molecule has 0 aliphatic rings. The Morgan fingerprint density at radius 1 is 0.491 bits per heavy atom. The molecule has 0 heterocycles. The summed E-state index contributed by atoms with van der Waals surface area (Å²) in [6, 6.07) is 3.62. The SMILES string of the molecule is CCCCCCCCCCC/C=C/CCCCCCCOC(=O)c1cccc(S(=O)(=O)[O-])c1C(=O)OCCCCCCC/C=C/CCCCCCCCCCC.[Na+]. The van der Waals surface area contributed by atoms with Gasteiger partial charge in [0.05, 0.1) is 29.2 Å². The number of hydrogen-bond donors (Lipinski definition) is 0. The number of hydrogen-bond acceptors (Lipinski definition) is 7. The third kappa shape index (κ3) is 32.1. The van der Waals surface area contributed by atoms with Crippen LogP contribution in [0.15, 0.2) is 47.4 Å². The van der Waals surface area contributed by atoms with E-state index in [0.29, 0.717) is 12.8 Å². The first-order valence-corrected chi connectivity index (χ1v) is 24.5. The van der Waals surface area contributed by atoms with Crippen LogP contribution in [0.3, 0.4) is 0 Å². The summed E-state index contributed by atoms with van der Waals surface area (Å²) >= 11 is 0. The fourth-order valence-electron chi connectivity index (χ4n) is 7.01. The minimum atomic E-state index is -5.02. The molecule has 1 aromatic rings. The van der Waals surface area contributed by atoms with Crippen molar-refractivity contribution in [1.82, 2.24) is 0 Å². The summed E-state index contributed by atoms with van der Waals surface area (Å²) in [6.45, 7) is 4.74. The van der Waals surface area contributed by atoms with Gasteiger partial charge in [0, 0.05) is 0 Å². The molecule has 0 saturated heterocycles. The Labute approximate surface area is 372 Å². The number of esters is 2. The van der Waals surface area contributed by atoms with Crippen molar-refractivity contribution < 1.29 is 61.6 Å². The first-order chi connectivity index (χ1) is 27.3. The zero-order valence-electron chi connectivity index (χ0n) is 36.8. The zero-order chi connectivity index (χ0) is 40.8. The van der Waals surface area contributed by atoms with Crippen molar-refractivity contribution in [3.63, 3.8) is 0 Å². The largest absolute Gasteiger partial charge is 1.00 e. The maximum absolute atomic E-state index is 13.0. The first-order valence-electron chi connectivity index (χ1n) is 23.1. The van der Waals surface area contributed by atoms with Crippen molar-refractivity contribution in [3.05, 3.63) is 53.6 Å². The molecule has 0 spiro atoms. The second-order valence-corrected chi connectivity index (χ2v) is 17.0. The number of unbranched alkanes of at least 4 members (excludes halogenated alkanes) is 28. The van der Waals surface area contributed by atoms with Crippen molar-refractivity contribution in [2.24, 2.45) is 0 Å². The molecule has 7 nitrogen and oxygen atoms in total. The summed E-state index contributed by atoms with van der Waals surface area (Å²) in [5.74, 6) is -1.83. The van der Waals surface area contributed by atoms with E-state index in [1.54, 1.807) is 0 Å². The van der Waals surface area contributed by atoms with Gasteiger partial charge < -0.3 is 14.0 Å². The van der Waals surface area contributed by atoms with E-state index in [-0.39, 0.29) is 48.3 Å². The monoisotopic (exact) mass is 825 g/mol. The van der Waals surface area contributed by atoms with Crippen molar-refractivity contribution in [1.29, 1.82) is 0 Å². The van der Waals surface area contributed by atoms with Crippen LogP contribution < -0.4 is 29.6 Å². The Bertz CT molecular complexity index is 1280. The smallest absolute Gasteiger partial charge is 0.744 e. The molecule has 0 aliphatic carbocycles. The Kier molecular flexibility index (Phi) is 39.0. The van der Waals surface area contributed by atoms with Gasteiger partial charge in [0.15, 0.2) is 0 Å². The minimum absolute atomic E-state index is 0. The molecular formula is C48H81NaO7S. The fourth-order valence-corrected chi connectivity index (χ4v) is 7.69. The predicted octanol–water partition coefficient (Wildman–Crippen LogP) is 11.5. The molecule has 0 saturated carbocycles. The van der Waals surface area contributed by atoms with Crippen LogP contribution in [-0.2, 0) is 19.6 Å². The van der Waals surface area contributed by atoms with Gasteiger partial charge in [-0.25, -0.2) is 18.0 Å². The van der Waals surface area contributed by atoms with Crippen molar-refractivity contribution in [2.45, 2.75) is 224 Å². The Balaban J connectivity index is 0.0000314. The second kappa shape index (κ2) is 40.0. The molecule has 0 radical (unpaired) electrons. The number of allylic oxidation sites excluding steroid dienone is 4. The summed E-state index contributed by atoms with van der Waals surface area (Å²) in [4.78, 5) is 25.2. The molecule has 0 amide bonds. The van der Waals surface area contributed by atoms with Gasteiger partial charge in [-0.1, -0.05) is 185 Å². The number of carbonyl (C=O) groups excluding carboxylic acids is 2. The molecular weight excluding hydrogens is 744 g/mol. The molecule has 322 valence electrons. The van der Waals surface area contributed by atoms with Crippen molar-refractivity contribution in [3.8, 4) is 0 Å². The van der Waals surface area contributed by atoms with E-state index in [1.165, 1.54) is 134 Å². The summed E-state index contributed by atoms with van der Waals surface area (Å²) in [5, 5.41) is 0. The molecule has 0 aliphatic heterocycles. The number of ether oxygens (including phenoxy) is 2. The predicted molar refractivity (Wildman–Crippen MR) is 232 cm³/mol. The zero-order valence-corrected chi connectivity index (χ0v) is 39.7. The number of benzene rings is 1. The summed E-state index contributed by atoms with van der Waals surface area (Å²) < 4.78 is 46.8. The summed E-state index contributed by atoms with van der Waals surface area (Å²) in [6.07, 6.45) is 47.6. The van der Waals surface area contributed by atoms with Gasteiger partial charge in [-0.05, 0) is 76.3 Å². The third-order valence-corrected chi connectivity index (χ3v) is 11.4. The van der Waals surface area contributed by atoms with E-state index in [0.717, 1.165) is 76.7 Å². The molecule has 0 N–H and O–H groups in total. The maximum atomic E-state index is 13.0. The molecule has 0 bridgehead atoms. The molecule has 0 unspecified atom stereocenters. The van der Waals surface area contributed by atoms with Gasteiger partial charge >= 0.3 is 41.5 Å². The van der Waals surface area contributed by atoms with Crippen LogP contribution in [0.2, 0.25) is 0 Å². The van der Waals surface area contributed by atoms with Gasteiger partial charge in [0.25, 0.3) is 0 Å². The average molecular weight is 825 g/mol. The van der Waals surface area contributed by atoms with Crippen LogP contribution in [0.25, 0.3) is 0 Å². The van der Waals surface area contributed by atoms with Gasteiger partial charge in [-0.2, -0.15) is 0 Å². The van der Waals surface area contributed by atoms with Crippen molar-refractivity contribution in [2.75, 3.05) is 13.2 Å². The second-order valence-electron chi connectivity index (χ2n) is 15.7. The van der Waals surface area contributed by atoms with E-state index in [1.807, 2.05) is 0 Å². The standard InChI is InChI=1S/C48H82O7S.Na/c1-3-5-7-9-11-13-15-17-19-21-23-25-27-29-31-33-35-37-42-54-47(49)44-40-39-41-45(56(51,52)53)46(44)48(50)55-43-38-36-34-32-30-28-26-24-22-20-18-16-14-12-10-8-6-4-2;/h23-26,39-41H,3-22,27-38,42-43H2,1-2H3,(H,51,52,53);/q;+1/p-1/b25-23+,26-24+;. The van der Waals surface area contributed by atoms with Gasteiger partial charge in [0.1, 0.15) is 10.1 Å². The minimum Gasteiger partial charge on any atom is -0.744 e. The quantitative estimate of drug-likeness (QED) is 0.0214. The molecule has 0 fully saturated rings. The molecule has 57 heavy (non-hydrogen) atoms. The topological polar surface area (TPSA) is 110 Å². The molecule has 9 heteroatoms. The third-order valence-electron chi connectivity index (χ3n) is 10.5. The van der Waals surface area contributed by atoms with E-state index >= 15 is 0 Å². The van der Waals surface area contributed by atoms with Gasteiger partial charge in [-0.15, -0.1) is 0 Å². The average Bonchev–Trinajstić information content (AvgIpc) is 3.18. The summed E-state index contributed by atoms with van der Waals surface area (Å²) in [5.41, 5.74) is -0.792. The molecule has 1 aromatic carbocycles. The molecule has 0 aromatic heterocycles. The number of carbonyl (C=O) groups is 2. The first kappa shape index (κ1) is 55.5. The Morgan fingerprint density at radius 2 is 0.807 bits per heavy atom. The van der Waals surface area contributed by atoms with Gasteiger partial charge in [-0.3, -0.25) is 0 Å². The fraction of sp³-hybridized carbons (Fsp3) is 0.750. The molecule has 0 atom stereocenters. The number of rotatable bonds is 39. The summed E-state index contributed by atoms with van der Waals surface area (Å²) in [7, 11) is -5.02. The van der Waals surface area contributed by atoms with Crippen LogP contribution in [-0.4, -0.2) is 38.1 Å². The Morgan fingerprint density at radius 3 is 1.16 bits per heavy atom. The van der Waals surface area contributed by atoms with Crippen molar-refractivity contribution >= 4 is 22.1 Å². The Hall–Kier alpha value is -1.45. The van der Waals surface area contributed by atoms with Gasteiger partial charge in [0.2, 0.25) is 0 Å². The van der Waals surface area contributed by atoms with E-state index < -0.39 is 32.5 Å². The maximum Gasteiger partial charge on any atom is 1.00 e. The van der Waals surface area contributed by atoms with Crippen LogP contribution >= 0.6 is 0 Å². The molecule has 1 rings (SSSR count). The van der Waals surface area contributed by atoms with E-state index in [2.05, 4.69) is 38.2 Å². The van der Waals surface area contributed by atoms with Crippen LogP contribution in [0, 0.1) is 0 Å². The normalized spacial score (nSPS) is 11.7. The van der Waals surface area contributed by atoms with Crippen LogP contribution in [0.4, 0.5) is 0 Å². The van der Waals surface area contributed by atoms with E-state index in [4.69, 9.17) is 9.47 Å². The van der Waals surface area contributed by atoms with Crippen LogP contribution in [0.1, 0.15) is 240 Å². The van der Waals surface area contributed by atoms with Crippen LogP contribution in [0.5, 0.6) is 0 Å².